The van der Waals surface area contributed by atoms with Crippen molar-refractivity contribution in [2.45, 2.75) is 6.92 Å². The van der Waals surface area contributed by atoms with E-state index >= 15 is 0 Å². The van der Waals surface area contributed by atoms with Gasteiger partial charge in [-0.25, -0.2) is 0 Å². The number of aryl methyl sites for hydroxylation is 1. The lowest BCUT2D eigenvalue weighted by Gasteiger charge is -2.10. The quantitative estimate of drug-likeness (QED) is 0.293. The minimum atomic E-state index is 0.0211. The van der Waals surface area contributed by atoms with Gasteiger partial charge < -0.3 is 10.3 Å². The summed E-state index contributed by atoms with van der Waals surface area (Å²) in [5, 5.41) is 31.6. The molecule has 2 N–H and O–H groups in total. The molecule has 0 atom stereocenters. The molecule has 3 aromatic carbocycles. The summed E-state index contributed by atoms with van der Waals surface area (Å²) in [6.45, 7) is 1.83. The highest BCUT2D eigenvalue weighted by Crippen LogP contribution is 2.31. The number of aromatic hydroxyl groups is 1. The molecule has 0 saturated carbocycles. The third-order valence-electron chi connectivity index (χ3n) is 3.75. The lowest BCUT2D eigenvalue weighted by atomic mass is 9.99. The lowest BCUT2D eigenvalue weighted by molar-refractivity contribution is 0.319. The number of azo groups is 1. The van der Waals surface area contributed by atoms with Gasteiger partial charge in [-0.1, -0.05) is 53.7 Å². The van der Waals surface area contributed by atoms with Crippen LogP contribution >= 0.6 is 0 Å². The highest BCUT2D eigenvalue weighted by Gasteiger charge is 2.15. The van der Waals surface area contributed by atoms with Crippen LogP contribution in [0.1, 0.15) is 16.7 Å². The fraction of sp³-hybridized carbons (Fsp3) is 0.0500. The minimum absolute atomic E-state index is 0.0211. The van der Waals surface area contributed by atoms with E-state index in [1.807, 2.05) is 55.5 Å². The van der Waals surface area contributed by atoms with Crippen LogP contribution in [0.15, 0.2) is 88.2 Å². The molecular weight excluding hydrogens is 314 g/mol. The Morgan fingerprint density at radius 2 is 1.48 bits per heavy atom. The Bertz CT molecular complexity index is 920. The highest BCUT2D eigenvalue weighted by molar-refractivity contribution is 6.14. The molecule has 3 rings (SSSR count). The normalized spacial score (nSPS) is 11.8. The minimum Gasteiger partial charge on any atom is -0.507 e. The molecule has 0 saturated heterocycles. The van der Waals surface area contributed by atoms with Crippen LogP contribution in [-0.4, -0.2) is 16.0 Å². The van der Waals surface area contributed by atoms with Gasteiger partial charge in [-0.15, -0.1) is 0 Å². The van der Waals surface area contributed by atoms with E-state index in [2.05, 4.69) is 15.4 Å². The summed E-state index contributed by atoms with van der Waals surface area (Å²) in [6, 6.07) is 21.8. The zero-order valence-corrected chi connectivity index (χ0v) is 13.7. The molecule has 5 nitrogen and oxygen atoms in total. The number of rotatable bonds is 4. The van der Waals surface area contributed by atoms with Crippen molar-refractivity contribution in [3.05, 3.63) is 89.5 Å². The van der Waals surface area contributed by atoms with Crippen molar-refractivity contribution >= 4 is 17.1 Å². The molecule has 0 amide bonds. The average molecular weight is 331 g/mol. The third kappa shape index (κ3) is 3.72. The predicted molar refractivity (Wildman–Crippen MR) is 97.3 cm³/mol. The Hall–Kier alpha value is -3.47. The summed E-state index contributed by atoms with van der Waals surface area (Å²) in [6.07, 6.45) is 0. The van der Waals surface area contributed by atoms with Crippen LogP contribution in [0.4, 0.5) is 11.4 Å². The average Bonchev–Trinajstić information content (AvgIpc) is 2.65. The van der Waals surface area contributed by atoms with Crippen LogP contribution in [0, 0.1) is 6.92 Å². The molecule has 0 radical (unpaired) electrons. The number of nitrogens with zero attached hydrogens (tertiary/aromatic N) is 3. The van der Waals surface area contributed by atoms with Crippen molar-refractivity contribution in [2.24, 2.45) is 15.4 Å². The second kappa shape index (κ2) is 7.40. The molecule has 0 aliphatic carbocycles. The number of phenols is 1. The first-order valence-corrected chi connectivity index (χ1v) is 7.77. The fourth-order valence-electron chi connectivity index (χ4n) is 2.45. The van der Waals surface area contributed by atoms with Gasteiger partial charge in [0.2, 0.25) is 0 Å². The molecule has 0 fully saturated rings. The van der Waals surface area contributed by atoms with E-state index in [-0.39, 0.29) is 11.5 Å². The van der Waals surface area contributed by atoms with Crippen molar-refractivity contribution in [1.82, 2.24) is 0 Å². The molecular formula is C20H17N3O2. The van der Waals surface area contributed by atoms with Crippen LogP contribution in [0.3, 0.4) is 0 Å². The van der Waals surface area contributed by atoms with E-state index in [4.69, 9.17) is 0 Å². The standard InChI is InChI=1S/C20H17N3O2/c1-14-12-19(24)17(20(23-25)15-8-4-2-5-9-15)13-18(14)22-21-16-10-6-3-7-11-16/h2-13,24-25H,1H3/b22-21?,23-20+. The molecule has 0 aliphatic rings. The Kier molecular flexibility index (Phi) is 4.85. The number of benzene rings is 3. The summed E-state index contributed by atoms with van der Waals surface area (Å²) in [5.41, 5.74) is 3.45. The van der Waals surface area contributed by atoms with Crippen LogP contribution in [0.2, 0.25) is 0 Å². The monoisotopic (exact) mass is 331 g/mol. The number of oxime groups is 1. The molecule has 124 valence electrons. The van der Waals surface area contributed by atoms with Gasteiger partial charge in [0.25, 0.3) is 0 Å². The summed E-state index contributed by atoms with van der Waals surface area (Å²) in [5.74, 6) is 0.0211. The first-order chi connectivity index (χ1) is 12.2. The molecule has 0 aliphatic heterocycles. The molecule has 5 heteroatoms. The first kappa shape index (κ1) is 16.4. The second-order valence-electron chi connectivity index (χ2n) is 5.51. The van der Waals surface area contributed by atoms with Gasteiger partial charge in [-0.3, -0.25) is 0 Å². The van der Waals surface area contributed by atoms with E-state index in [1.54, 1.807) is 24.3 Å². The number of hydrogen-bond acceptors (Lipinski definition) is 5. The Labute approximate surface area is 145 Å². The predicted octanol–water partition coefficient (Wildman–Crippen LogP) is 5.34. The van der Waals surface area contributed by atoms with Gasteiger partial charge in [0.1, 0.15) is 11.5 Å². The highest BCUT2D eigenvalue weighted by atomic mass is 16.4. The summed E-state index contributed by atoms with van der Waals surface area (Å²) in [7, 11) is 0. The summed E-state index contributed by atoms with van der Waals surface area (Å²) >= 11 is 0. The largest absolute Gasteiger partial charge is 0.507 e. The third-order valence-corrected chi connectivity index (χ3v) is 3.75. The van der Waals surface area contributed by atoms with Gasteiger partial charge in [0.15, 0.2) is 0 Å². The lowest BCUT2D eigenvalue weighted by Crippen LogP contribution is -2.04. The second-order valence-corrected chi connectivity index (χ2v) is 5.51. The van der Waals surface area contributed by atoms with Gasteiger partial charge in [-0.2, -0.15) is 10.2 Å². The van der Waals surface area contributed by atoms with Crippen molar-refractivity contribution in [1.29, 1.82) is 0 Å². The molecule has 3 aromatic rings. The smallest absolute Gasteiger partial charge is 0.125 e. The van der Waals surface area contributed by atoms with Crippen LogP contribution in [0.25, 0.3) is 0 Å². The Balaban J connectivity index is 2.02. The zero-order valence-electron chi connectivity index (χ0n) is 13.7. The molecule has 25 heavy (non-hydrogen) atoms. The van der Waals surface area contributed by atoms with Crippen molar-refractivity contribution in [3.8, 4) is 5.75 Å². The Morgan fingerprint density at radius 3 is 2.12 bits per heavy atom. The summed E-state index contributed by atoms with van der Waals surface area (Å²) < 4.78 is 0. The van der Waals surface area contributed by atoms with Crippen molar-refractivity contribution in [2.75, 3.05) is 0 Å². The SMILES string of the molecule is Cc1cc(O)c(/C(=N/O)c2ccccc2)cc1N=Nc1ccccc1. The van der Waals surface area contributed by atoms with Gasteiger partial charge in [0.05, 0.1) is 11.4 Å². The van der Waals surface area contributed by atoms with Crippen molar-refractivity contribution < 1.29 is 10.3 Å². The zero-order chi connectivity index (χ0) is 17.6. The molecule has 0 spiro atoms. The van der Waals surface area contributed by atoms with Crippen LogP contribution in [-0.2, 0) is 0 Å². The Morgan fingerprint density at radius 1 is 0.840 bits per heavy atom. The van der Waals surface area contributed by atoms with Gasteiger partial charge in [0, 0.05) is 11.1 Å². The van der Waals surface area contributed by atoms with Crippen LogP contribution < -0.4 is 0 Å². The van der Waals surface area contributed by atoms with E-state index in [1.165, 1.54) is 0 Å². The van der Waals surface area contributed by atoms with Crippen molar-refractivity contribution in [3.63, 3.8) is 0 Å². The van der Waals surface area contributed by atoms with Gasteiger partial charge in [-0.05, 0) is 36.8 Å². The van der Waals surface area contributed by atoms with E-state index in [0.717, 1.165) is 11.3 Å². The maximum Gasteiger partial charge on any atom is 0.125 e. The maximum absolute atomic E-state index is 10.3. The summed E-state index contributed by atoms with van der Waals surface area (Å²) in [4.78, 5) is 0. The van der Waals surface area contributed by atoms with Crippen LogP contribution in [0.5, 0.6) is 5.75 Å². The maximum atomic E-state index is 10.3. The fourth-order valence-corrected chi connectivity index (χ4v) is 2.45. The molecule has 0 aromatic heterocycles. The van der Waals surface area contributed by atoms with Gasteiger partial charge >= 0.3 is 0 Å². The molecule has 0 heterocycles. The molecule has 0 unspecified atom stereocenters. The first-order valence-electron chi connectivity index (χ1n) is 7.77. The topological polar surface area (TPSA) is 77.5 Å². The number of phenolic OH excluding ortho intramolecular Hbond substituents is 1. The van der Waals surface area contributed by atoms with E-state index in [9.17, 15) is 10.3 Å². The molecule has 0 bridgehead atoms. The number of hydrogen-bond donors (Lipinski definition) is 2. The van der Waals surface area contributed by atoms with E-state index < -0.39 is 0 Å². The van der Waals surface area contributed by atoms with E-state index in [0.29, 0.717) is 16.8 Å².